The van der Waals surface area contributed by atoms with Gasteiger partial charge in [0.15, 0.2) is 0 Å². The molecule has 0 radical (unpaired) electrons. The monoisotopic (exact) mass is 260 g/mol. The zero-order valence-corrected chi connectivity index (χ0v) is 10.9. The van der Waals surface area contributed by atoms with Crippen molar-refractivity contribution in [3.8, 4) is 0 Å². The lowest BCUT2D eigenvalue weighted by Crippen LogP contribution is -2.30. The summed E-state index contributed by atoms with van der Waals surface area (Å²) in [5.41, 5.74) is 4.58. The molecule has 6 nitrogen and oxygen atoms in total. The van der Waals surface area contributed by atoms with E-state index in [4.69, 9.17) is 0 Å². The lowest BCUT2D eigenvalue weighted by Gasteiger charge is -2.12. The molecule has 1 aromatic carbocycles. The van der Waals surface area contributed by atoms with Gasteiger partial charge >= 0.3 is 0 Å². The second-order valence-electron chi connectivity index (χ2n) is 4.51. The van der Waals surface area contributed by atoms with Crippen LogP contribution in [0.3, 0.4) is 0 Å². The Labute approximate surface area is 111 Å². The molecule has 0 atom stereocenters. The van der Waals surface area contributed by atoms with E-state index in [0.717, 1.165) is 11.3 Å². The SMILES string of the molecule is CN(C)c1ccc(CNC(=O)C2=NNC(=O)C2)cc1. The highest BCUT2D eigenvalue weighted by molar-refractivity contribution is 6.43. The Kier molecular flexibility index (Phi) is 3.79. The van der Waals surface area contributed by atoms with E-state index in [1.165, 1.54) is 0 Å². The molecule has 0 fully saturated rings. The third kappa shape index (κ3) is 3.31. The number of nitrogens with zero attached hydrogens (tertiary/aromatic N) is 2. The van der Waals surface area contributed by atoms with Crippen molar-refractivity contribution in [3.63, 3.8) is 0 Å². The lowest BCUT2D eigenvalue weighted by molar-refractivity contribution is -0.120. The van der Waals surface area contributed by atoms with Crippen LogP contribution in [0.15, 0.2) is 29.4 Å². The number of hydrogen-bond donors (Lipinski definition) is 2. The van der Waals surface area contributed by atoms with Crippen molar-refractivity contribution < 1.29 is 9.59 Å². The van der Waals surface area contributed by atoms with Gasteiger partial charge in [0.1, 0.15) is 5.71 Å². The molecule has 1 aliphatic heterocycles. The normalized spacial score (nSPS) is 13.8. The summed E-state index contributed by atoms with van der Waals surface area (Å²) in [5, 5.41) is 6.40. The third-order valence-corrected chi connectivity index (χ3v) is 2.81. The van der Waals surface area contributed by atoms with Crippen molar-refractivity contribution in [1.82, 2.24) is 10.7 Å². The van der Waals surface area contributed by atoms with E-state index in [1.54, 1.807) is 0 Å². The first-order valence-corrected chi connectivity index (χ1v) is 5.96. The maximum absolute atomic E-state index is 11.7. The first-order valence-electron chi connectivity index (χ1n) is 5.96. The highest BCUT2D eigenvalue weighted by Crippen LogP contribution is 2.12. The number of hydrazone groups is 1. The van der Waals surface area contributed by atoms with Crippen LogP contribution in [0.5, 0.6) is 0 Å². The Morgan fingerprint density at radius 3 is 2.58 bits per heavy atom. The van der Waals surface area contributed by atoms with Gasteiger partial charge in [0.25, 0.3) is 5.91 Å². The lowest BCUT2D eigenvalue weighted by atomic mass is 10.2. The molecule has 0 spiro atoms. The van der Waals surface area contributed by atoms with Gasteiger partial charge < -0.3 is 10.2 Å². The summed E-state index contributed by atoms with van der Waals surface area (Å²) in [6, 6.07) is 7.88. The summed E-state index contributed by atoms with van der Waals surface area (Å²) >= 11 is 0. The minimum atomic E-state index is -0.310. The number of carbonyl (C=O) groups excluding carboxylic acids is 2. The zero-order chi connectivity index (χ0) is 13.8. The number of anilines is 1. The number of benzene rings is 1. The molecule has 1 aliphatic rings. The molecular formula is C13H16N4O2. The second kappa shape index (κ2) is 5.51. The van der Waals surface area contributed by atoms with Crippen molar-refractivity contribution in [2.24, 2.45) is 5.10 Å². The van der Waals surface area contributed by atoms with Gasteiger partial charge in [-0.1, -0.05) is 12.1 Å². The summed E-state index contributed by atoms with van der Waals surface area (Å²) in [4.78, 5) is 24.6. The molecule has 0 saturated carbocycles. The number of rotatable bonds is 4. The summed E-state index contributed by atoms with van der Waals surface area (Å²) in [5.74, 6) is -0.560. The van der Waals surface area contributed by atoms with Gasteiger partial charge in [-0.3, -0.25) is 9.59 Å². The largest absolute Gasteiger partial charge is 0.378 e. The summed E-state index contributed by atoms with van der Waals surface area (Å²) in [7, 11) is 3.94. The predicted octanol–water partition coefficient (Wildman–Crippen LogP) is 0.245. The smallest absolute Gasteiger partial charge is 0.268 e. The second-order valence-corrected chi connectivity index (χ2v) is 4.51. The minimum absolute atomic E-state index is 0.0470. The number of nitrogens with one attached hydrogen (secondary N) is 2. The highest BCUT2D eigenvalue weighted by Gasteiger charge is 2.20. The Bertz CT molecular complexity index is 520. The van der Waals surface area contributed by atoms with Crippen LogP contribution in [0, 0.1) is 0 Å². The van der Waals surface area contributed by atoms with Gasteiger partial charge in [-0.05, 0) is 17.7 Å². The van der Waals surface area contributed by atoms with Gasteiger partial charge in [-0.25, -0.2) is 5.43 Å². The molecule has 6 heteroatoms. The Balaban J connectivity index is 1.88. The van der Waals surface area contributed by atoms with E-state index < -0.39 is 0 Å². The summed E-state index contributed by atoms with van der Waals surface area (Å²) in [6.07, 6.45) is 0.0470. The van der Waals surface area contributed by atoms with E-state index in [0.29, 0.717) is 6.54 Å². The Hall–Kier alpha value is -2.37. The van der Waals surface area contributed by atoms with Gasteiger partial charge in [-0.15, -0.1) is 0 Å². The van der Waals surface area contributed by atoms with E-state index in [9.17, 15) is 9.59 Å². The number of amides is 2. The average molecular weight is 260 g/mol. The van der Waals surface area contributed by atoms with Crippen LogP contribution < -0.4 is 15.6 Å². The van der Waals surface area contributed by atoms with Crippen molar-refractivity contribution in [2.75, 3.05) is 19.0 Å². The molecule has 2 rings (SSSR count). The Morgan fingerprint density at radius 2 is 2.05 bits per heavy atom. The van der Waals surface area contributed by atoms with Crippen LogP contribution in [0.25, 0.3) is 0 Å². The molecule has 0 aliphatic carbocycles. The first-order chi connectivity index (χ1) is 9.06. The molecule has 0 unspecified atom stereocenters. The van der Waals surface area contributed by atoms with E-state index in [2.05, 4.69) is 15.8 Å². The van der Waals surface area contributed by atoms with Crippen LogP contribution in [0.4, 0.5) is 5.69 Å². The van der Waals surface area contributed by atoms with Crippen LogP contribution in [0.2, 0.25) is 0 Å². The van der Waals surface area contributed by atoms with E-state index in [-0.39, 0.29) is 23.9 Å². The molecule has 0 bridgehead atoms. The quantitative estimate of drug-likeness (QED) is 0.814. The maximum Gasteiger partial charge on any atom is 0.268 e. The predicted molar refractivity (Wildman–Crippen MR) is 72.8 cm³/mol. The van der Waals surface area contributed by atoms with Crippen LogP contribution in [0.1, 0.15) is 12.0 Å². The molecule has 1 aromatic rings. The Morgan fingerprint density at radius 1 is 1.37 bits per heavy atom. The third-order valence-electron chi connectivity index (χ3n) is 2.81. The number of hydrogen-bond acceptors (Lipinski definition) is 4. The van der Waals surface area contributed by atoms with Crippen molar-refractivity contribution >= 4 is 23.2 Å². The van der Waals surface area contributed by atoms with Crippen molar-refractivity contribution in [1.29, 1.82) is 0 Å². The minimum Gasteiger partial charge on any atom is -0.378 e. The maximum atomic E-state index is 11.7. The molecule has 1 heterocycles. The van der Waals surface area contributed by atoms with Crippen LogP contribution >= 0.6 is 0 Å². The fourth-order valence-corrected chi connectivity index (χ4v) is 1.69. The van der Waals surface area contributed by atoms with Crippen molar-refractivity contribution in [3.05, 3.63) is 29.8 Å². The molecule has 2 amide bonds. The van der Waals surface area contributed by atoms with Gasteiger partial charge in [-0.2, -0.15) is 5.10 Å². The topological polar surface area (TPSA) is 73.8 Å². The van der Waals surface area contributed by atoms with Gasteiger partial charge in [0, 0.05) is 26.3 Å². The first kappa shape index (κ1) is 13.1. The molecule has 2 N–H and O–H groups in total. The average Bonchev–Trinajstić information content (AvgIpc) is 2.83. The molecular weight excluding hydrogens is 244 g/mol. The zero-order valence-electron chi connectivity index (χ0n) is 10.9. The van der Waals surface area contributed by atoms with Gasteiger partial charge in [0.05, 0.1) is 6.42 Å². The number of carbonyl (C=O) groups is 2. The van der Waals surface area contributed by atoms with Crippen LogP contribution in [-0.2, 0) is 16.1 Å². The molecule has 0 saturated heterocycles. The molecule has 100 valence electrons. The summed E-state index contributed by atoms with van der Waals surface area (Å²) in [6.45, 7) is 0.416. The molecule has 19 heavy (non-hydrogen) atoms. The fourth-order valence-electron chi connectivity index (χ4n) is 1.69. The van der Waals surface area contributed by atoms with Crippen molar-refractivity contribution in [2.45, 2.75) is 13.0 Å². The standard InChI is InChI=1S/C13H16N4O2/c1-17(2)10-5-3-9(4-6-10)8-14-13(19)11-7-12(18)16-15-11/h3-6H,7-8H2,1-2H3,(H,14,19)(H,16,18). The van der Waals surface area contributed by atoms with Gasteiger partial charge in [0.2, 0.25) is 5.91 Å². The van der Waals surface area contributed by atoms with E-state index >= 15 is 0 Å². The molecule has 0 aromatic heterocycles. The summed E-state index contributed by atoms with van der Waals surface area (Å²) < 4.78 is 0. The van der Waals surface area contributed by atoms with E-state index in [1.807, 2.05) is 43.3 Å². The highest BCUT2D eigenvalue weighted by atomic mass is 16.2. The fraction of sp³-hybridized carbons (Fsp3) is 0.308. The van der Waals surface area contributed by atoms with Crippen LogP contribution in [-0.4, -0.2) is 31.6 Å².